The number of ether oxygens (including phenoxy) is 1. The van der Waals surface area contributed by atoms with Gasteiger partial charge in [0.15, 0.2) is 0 Å². The first-order chi connectivity index (χ1) is 9.67. The van der Waals surface area contributed by atoms with Crippen molar-refractivity contribution >= 4 is 11.6 Å². The highest BCUT2D eigenvalue weighted by atomic mass is 16.5. The average Bonchev–Trinajstić information content (AvgIpc) is 2.48. The van der Waals surface area contributed by atoms with E-state index < -0.39 is 0 Å². The van der Waals surface area contributed by atoms with Crippen LogP contribution in [0, 0.1) is 6.92 Å². The highest BCUT2D eigenvalue weighted by Crippen LogP contribution is 2.30. The summed E-state index contributed by atoms with van der Waals surface area (Å²) in [5.41, 5.74) is 3.02. The van der Waals surface area contributed by atoms with Gasteiger partial charge >= 0.3 is 0 Å². The van der Waals surface area contributed by atoms with Gasteiger partial charge in [-0.25, -0.2) is 9.97 Å². The SMILES string of the molecule is CNCc1cnc(N(C)c2ccccc2OC)nc1C. The van der Waals surface area contributed by atoms with E-state index in [-0.39, 0.29) is 0 Å². The molecule has 0 aliphatic carbocycles. The lowest BCUT2D eigenvalue weighted by Gasteiger charge is -2.20. The van der Waals surface area contributed by atoms with Gasteiger partial charge in [-0.1, -0.05) is 12.1 Å². The van der Waals surface area contributed by atoms with Crippen molar-refractivity contribution < 1.29 is 4.74 Å². The van der Waals surface area contributed by atoms with E-state index in [0.29, 0.717) is 5.95 Å². The Kier molecular flexibility index (Phi) is 4.53. The molecule has 0 bridgehead atoms. The molecule has 0 unspecified atom stereocenters. The van der Waals surface area contributed by atoms with Crippen LogP contribution in [0.1, 0.15) is 11.3 Å². The second-order valence-electron chi connectivity index (χ2n) is 4.54. The maximum atomic E-state index is 5.37. The maximum absolute atomic E-state index is 5.37. The fraction of sp³-hybridized carbons (Fsp3) is 0.333. The third-order valence-electron chi connectivity index (χ3n) is 3.18. The molecule has 0 saturated heterocycles. The molecule has 0 aliphatic rings. The molecule has 106 valence electrons. The first kappa shape index (κ1) is 14.3. The zero-order chi connectivity index (χ0) is 14.5. The third-order valence-corrected chi connectivity index (χ3v) is 3.18. The molecule has 0 saturated carbocycles. The number of nitrogens with zero attached hydrogens (tertiary/aromatic N) is 3. The number of rotatable bonds is 5. The molecule has 0 radical (unpaired) electrons. The molecule has 1 N–H and O–H groups in total. The Balaban J connectivity index is 2.33. The summed E-state index contributed by atoms with van der Waals surface area (Å²) in [6.07, 6.45) is 1.86. The highest BCUT2D eigenvalue weighted by molar-refractivity contribution is 5.64. The van der Waals surface area contributed by atoms with Gasteiger partial charge in [0.2, 0.25) is 5.95 Å². The van der Waals surface area contributed by atoms with Gasteiger partial charge in [-0.05, 0) is 26.1 Å². The molecule has 0 fully saturated rings. The number of hydrogen-bond donors (Lipinski definition) is 1. The number of para-hydroxylation sites is 2. The molecule has 20 heavy (non-hydrogen) atoms. The van der Waals surface area contributed by atoms with Crippen LogP contribution in [0.3, 0.4) is 0 Å². The second-order valence-corrected chi connectivity index (χ2v) is 4.54. The van der Waals surface area contributed by atoms with Crippen LogP contribution in [0.4, 0.5) is 11.6 Å². The monoisotopic (exact) mass is 272 g/mol. The molecule has 0 atom stereocenters. The summed E-state index contributed by atoms with van der Waals surface area (Å²) in [5, 5.41) is 3.11. The molecule has 5 heteroatoms. The minimum atomic E-state index is 0.659. The molecular weight excluding hydrogens is 252 g/mol. The van der Waals surface area contributed by atoms with Crippen molar-refractivity contribution in [3.05, 3.63) is 41.7 Å². The summed E-state index contributed by atoms with van der Waals surface area (Å²) in [6, 6.07) is 7.82. The maximum Gasteiger partial charge on any atom is 0.229 e. The van der Waals surface area contributed by atoms with E-state index in [4.69, 9.17) is 4.74 Å². The van der Waals surface area contributed by atoms with Crippen molar-refractivity contribution in [3.63, 3.8) is 0 Å². The van der Waals surface area contributed by atoms with Crippen LogP contribution in [-0.4, -0.2) is 31.2 Å². The normalized spacial score (nSPS) is 10.4. The lowest BCUT2D eigenvalue weighted by molar-refractivity contribution is 0.415. The quantitative estimate of drug-likeness (QED) is 0.905. The smallest absolute Gasteiger partial charge is 0.229 e. The second kappa shape index (κ2) is 6.34. The molecule has 0 aliphatic heterocycles. The van der Waals surface area contributed by atoms with Crippen LogP contribution in [0.15, 0.2) is 30.5 Å². The topological polar surface area (TPSA) is 50.3 Å². The summed E-state index contributed by atoms with van der Waals surface area (Å²) in [4.78, 5) is 10.9. The van der Waals surface area contributed by atoms with Gasteiger partial charge in [0.05, 0.1) is 12.8 Å². The van der Waals surface area contributed by atoms with Gasteiger partial charge in [0.1, 0.15) is 5.75 Å². The van der Waals surface area contributed by atoms with Crippen molar-refractivity contribution in [1.29, 1.82) is 0 Å². The fourth-order valence-corrected chi connectivity index (χ4v) is 2.02. The van der Waals surface area contributed by atoms with Crippen LogP contribution in [0.5, 0.6) is 5.75 Å². The molecule has 2 rings (SSSR count). The van der Waals surface area contributed by atoms with Crippen molar-refractivity contribution in [2.75, 3.05) is 26.1 Å². The van der Waals surface area contributed by atoms with E-state index in [1.807, 2.05) is 56.4 Å². The van der Waals surface area contributed by atoms with E-state index in [0.717, 1.165) is 29.2 Å². The van der Waals surface area contributed by atoms with E-state index >= 15 is 0 Å². The minimum absolute atomic E-state index is 0.659. The van der Waals surface area contributed by atoms with Gasteiger partial charge in [-0.2, -0.15) is 0 Å². The Bertz CT molecular complexity index is 586. The van der Waals surface area contributed by atoms with Crippen LogP contribution < -0.4 is 15.0 Å². The molecule has 1 heterocycles. The first-order valence-electron chi connectivity index (χ1n) is 6.51. The van der Waals surface area contributed by atoms with Crippen LogP contribution in [-0.2, 0) is 6.54 Å². The number of nitrogens with one attached hydrogen (secondary N) is 1. The van der Waals surface area contributed by atoms with E-state index in [1.165, 1.54) is 0 Å². The summed E-state index contributed by atoms with van der Waals surface area (Å²) in [7, 11) is 5.51. The predicted molar refractivity (Wildman–Crippen MR) is 80.6 cm³/mol. The number of hydrogen-bond acceptors (Lipinski definition) is 5. The van der Waals surface area contributed by atoms with Gasteiger partial charge in [0.25, 0.3) is 0 Å². The van der Waals surface area contributed by atoms with E-state index in [9.17, 15) is 0 Å². The fourth-order valence-electron chi connectivity index (χ4n) is 2.02. The Morgan fingerprint density at radius 3 is 2.70 bits per heavy atom. The number of aryl methyl sites for hydroxylation is 1. The average molecular weight is 272 g/mol. The first-order valence-corrected chi connectivity index (χ1v) is 6.51. The molecule has 2 aromatic rings. The molecule has 1 aromatic heterocycles. The Hall–Kier alpha value is -2.14. The number of anilines is 2. The Labute approximate surface area is 119 Å². The summed E-state index contributed by atoms with van der Waals surface area (Å²) < 4.78 is 5.37. The molecule has 0 amide bonds. The van der Waals surface area contributed by atoms with E-state index in [1.54, 1.807) is 7.11 Å². The Morgan fingerprint density at radius 1 is 1.30 bits per heavy atom. The van der Waals surface area contributed by atoms with Gasteiger partial charge in [0, 0.05) is 31.0 Å². The van der Waals surface area contributed by atoms with Crippen LogP contribution >= 0.6 is 0 Å². The zero-order valence-electron chi connectivity index (χ0n) is 12.3. The summed E-state index contributed by atoms with van der Waals surface area (Å²) >= 11 is 0. The third kappa shape index (κ3) is 2.88. The molecule has 1 aromatic carbocycles. The lowest BCUT2D eigenvalue weighted by Crippen LogP contribution is -2.16. The van der Waals surface area contributed by atoms with Crippen molar-refractivity contribution in [2.24, 2.45) is 0 Å². The van der Waals surface area contributed by atoms with Gasteiger partial charge in [-0.15, -0.1) is 0 Å². The minimum Gasteiger partial charge on any atom is -0.495 e. The predicted octanol–water partition coefficient (Wildman–Crippen LogP) is 2.28. The largest absolute Gasteiger partial charge is 0.495 e. The van der Waals surface area contributed by atoms with Gasteiger partial charge < -0.3 is 15.0 Å². The lowest BCUT2D eigenvalue weighted by atomic mass is 10.2. The summed E-state index contributed by atoms with van der Waals surface area (Å²) in [5.74, 6) is 1.46. The van der Waals surface area contributed by atoms with Crippen molar-refractivity contribution in [3.8, 4) is 5.75 Å². The van der Waals surface area contributed by atoms with Crippen molar-refractivity contribution in [1.82, 2.24) is 15.3 Å². The number of methoxy groups -OCH3 is 1. The van der Waals surface area contributed by atoms with Gasteiger partial charge in [-0.3, -0.25) is 0 Å². The van der Waals surface area contributed by atoms with Crippen LogP contribution in [0.25, 0.3) is 0 Å². The van der Waals surface area contributed by atoms with E-state index in [2.05, 4.69) is 15.3 Å². The molecule has 5 nitrogen and oxygen atoms in total. The molecular formula is C15H20N4O. The van der Waals surface area contributed by atoms with Crippen molar-refractivity contribution in [2.45, 2.75) is 13.5 Å². The zero-order valence-corrected chi connectivity index (χ0v) is 12.3. The van der Waals surface area contributed by atoms with Crippen LogP contribution in [0.2, 0.25) is 0 Å². The Morgan fingerprint density at radius 2 is 2.05 bits per heavy atom. The standard InChI is InChI=1S/C15H20N4O/c1-11-12(9-16-2)10-17-15(18-11)19(3)13-7-5-6-8-14(13)20-4/h5-8,10,16H,9H2,1-4H3. The highest BCUT2D eigenvalue weighted by Gasteiger charge is 2.12. The number of benzene rings is 1. The molecule has 0 spiro atoms. The summed E-state index contributed by atoms with van der Waals surface area (Å²) in [6.45, 7) is 2.76. The number of aromatic nitrogens is 2.